The van der Waals surface area contributed by atoms with Gasteiger partial charge in [-0.3, -0.25) is 15.1 Å². The van der Waals surface area contributed by atoms with Crippen LogP contribution in [0.3, 0.4) is 0 Å². The number of likely N-dealkylation sites (N-methyl/N-ethyl adjacent to an activating group) is 1. The highest BCUT2D eigenvalue weighted by Gasteiger charge is 2.39. The van der Waals surface area contributed by atoms with E-state index >= 15 is 0 Å². The predicted octanol–water partition coefficient (Wildman–Crippen LogP) is 3.85. The van der Waals surface area contributed by atoms with Crippen LogP contribution in [0.25, 0.3) is 11.3 Å². The van der Waals surface area contributed by atoms with Gasteiger partial charge in [-0.2, -0.15) is 0 Å². The van der Waals surface area contributed by atoms with Crippen molar-refractivity contribution in [3.05, 3.63) is 82.4 Å². The number of thiocarbonyl (C=S) groups is 1. The van der Waals surface area contributed by atoms with Crippen LogP contribution in [0.15, 0.2) is 65.2 Å². The third kappa shape index (κ3) is 3.15. The molecule has 1 aromatic carbocycles. The molecule has 7 nitrogen and oxygen atoms in total. The van der Waals surface area contributed by atoms with E-state index in [1.165, 1.54) is 12.1 Å². The monoisotopic (exact) mass is 380 g/mol. The summed E-state index contributed by atoms with van der Waals surface area (Å²) in [4.78, 5) is 17.0. The number of nitro groups is 1. The molecule has 0 amide bonds. The van der Waals surface area contributed by atoms with Gasteiger partial charge in [-0.25, -0.2) is 0 Å². The van der Waals surface area contributed by atoms with E-state index in [-0.39, 0.29) is 17.8 Å². The van der Waals surface area contributed by atoms with Crippen LogP contribution in [0, 0.1) is 10.1 Å². The van der Waals surface area contributed by atoms with Crippen molar-refractivity contribution in [1.82, 2.24) is 15.2 Å². The first kappa shape index (κ1) is 17.2. The molecule has 0 radical (unpaired) electrons. The number of nitrogens with one attached hydrogen (secondary N) is 1. The zero-order valence-corrected chi connectivity index (χ0v) is 15.2. The smallest absolute Gasteiger partial charge is 0.270 e. The maximum atomic E-state index is 11.0. The average molecular weight is 380 g/mol. The third-order valence-electron chi connectivity index (χ3n) is 4.60. The Labute approximate surface area is 160 Å². The van der Waals surface area contributed by atoms with Gasteiger partial charge in [0.05, 0.1) is 16.7 Å². The molecule has 0 spiro atoms. The summed E-state index contributed by atoms with van der Waals surface area (Å²) < 4.78 is 6.07. The maximum Gasteiger partial charge on any atom is 0.270 e. The second-order valence-corrected chi connectivity index (χ2v) is 6.63. The molecule has 8 heteroatoms. The fourth-order valence-corrected chi connectivity index (χ4v) is 3.49. The van der Waals surface area contributed by atoms with E-state index < -0.39 is 4.92 Å². The molecule has 2 atom stereocenters. The number of aromatic nitrogens is 1. The highest BCUT2D eigenvalue weighted by Crippen LogP contribution is 2.39. The molecule has 4 rings (SSSR count). The van der Waals surface area contributed by atoms with Gasteiger partial charge in [0, 0.05) is 30.9 Å². The highest BCUT2D eigenvalue weighted by molar-refractivity contribution is 7.80. The molecule has 1 aliphatic heterocycles. The van der Waals surface area contributed by atoms with Gasteiger partial charge in [0.1, 0.15) is 17.6 Å². The topological polar surface area (TPSA) is 84.4 Å². The number of hydrogen-bond donors (Lipinski definition) is 1. The molecule has 2 aromatic heterocycles. The van der Waals surface area contributed by atoms with Crippen LogP contribution in [0.5, 0.6) is 0 Å². The van der Waals surface area contributed by atoms with Gasteiger partial charge >= 0.3 is 0 Å². The van der Waals surface area contributed by atoms with Crippen molar-refractivity contribution >= 4 is 23.0 Å². The number of non-ortho nitro benzene ring substituents is 1. The van der Waals surface area contributed by atoms with Crippen LogP contribution in [-0.4, -0.2) is 27.0 Å². The van der Waals surface area contributed by atoms with Crippen LogP contribution >= 0.6 is 12.2 Å². The lowest BCUT2D eigenvalue weighted by Gasteiger charge is -2.21. The van der Waals surface area contributed by atoms with Crippen molar-refractivity contribution in [1.29, 1.82) is 0 Å². The maximum absolute atomic E-state index is 11.0. The molecule has 0 bridgehead atoms. The SMILES string of the molecule is CN1C(=S)N[C@H](c2ccccn2)[C@@H]1c1ccc(-c2cccc([N+](=O)[O-])c2)o1. The Kier molecular flexibility index (Phi) is 4.33. The molecule has 1 saturated heterocycles. The van der Waals surface area contributed by atoms with Crippen molar-refractivity contribution in [3.63, 3.8) is 0 Å². The molecule has 1 aliphatic rings. The lowest BCUT2D eigenvalue weighted by molar-refractivity contribution is -0.384. The van der Waals surface area contributed by atoms with Crippen molar-refractivity contribution in [2.24, 2.45) is 0 Å². The normalized spacial score (nSPS) is 19.1. The number of rotatable bonds is 4. The van der Waals surface area contributed by atoms with Gasteiger partial charge in [0.25, 0.3) is 5.69 Å². The lowest BCUT2D eigenvalue weighted by Crippen LogP contribution is -2.24. The van der Waals surface area contributed by atoms with Crippen LogP contribution in [0.2, 0.25) is 0 Å². The fraction of sp³-hybridized carbons (Fsp3) is 0.158. The first-order chi connectivity index (χ1) is 13.0. The molecule has 3 heterocycles. The Bertz CT molecular complexity index is 1000. The lowest BCUT2D eigenvalue weighted by atomic mass is 10.0. The second-order valence-electron chi connectivity index (χ2n) is 6.25. The first-order valence-corrected chi connectivity index (χ1v) is 8.74. The number of hydrogen-bond acceptors (Lipinski definition) is 5. The fourth-order valence-electron chi connectivity index (χ4n) is 3.25. The zero-order valence-electron chi connectivity index (χ0n) is 14.4. The Morgan fingerprint density at radius 2 is 2.07 bits per heavy atom. The van der Waals surface area contributed by atoms with Crippen molar-refractivity contribution in [2.75, 3.05) is 7.05 Å². The summed E-state index contributed by atoms with van der Waals surface area (Å²) in [6, 6.07) is 15.5. The number of nitro benzene ring substituents is 1. The molecule has 1 fully saturated rings. The van der Waals surface area contributed by atoms with Crippen LogP contribution in [0.4, 0.5) is 5.69 Å². The van der Waals surface area contributed by atoms with Gasteiger partial charge in [-0.15, -0.1) is 0 Å². The molecule has 1 N–H and O–H groups in total. The first-order valence-electron chi connectivity index (χ1n) is 8.33. The molecular formula is C19H16N4O3S. The Balaban J connectivity index is 1.70. The molecule has 0 aliphatic carbocycles. The van der Waals surface area contributed by atoms with Crippen LogP contribution in [-0.2, 0) is 0 Å². The van der Waals surface area contributed by atoms with E-state index in [9.17, 15) is 10.1 Å². The summed E-state index contributed by atoms with van der Waals surface area (Å²) in [6.07, 6.45) is 1.74. The Morgan fingerprint density at radius 3 is 2.81 bits per heavy atom. The predicted molar refractivity (Wildman–Crippen MR) is 104 cm³/mol. The molecule has 0 saturated carbocycles. The summed E-state index contributed by atoms with van der Waals surface area (Å²) in [5.41, 5.74) is 1.54. The van der Waals surface area contributed by atoms with E-state index in [1.807, 2.05) is 42.3 Å². The van der Waals surface area contributed by atoms with E-state index in [0.717, 1.165) is 5.69 Å². The Morgan fingerprint density at radius 1 is 1.22 bits per heavy atom. The molecule has 27 heavy (non-hydrogen) atoms. The summed E-state index contributed by atoms with van der Waals surface area (Å²) in [6.45, 7) is 0. The van der Waals surface area contributed by atoms with Gasteiger partial charge < -0.3 is 14.6 Å². The molecular weight excluding hydrogens is 364 g/mol. The van der Waals surface area contributed by atoms with Gasteiger partial charge in [-0.05, 0) is 36.5 Å². The minimum absolute atomic E-state index is 0.0256. The van der Waals surface area contributed by atoms with Crippen LogP contribution in [0.1, 0.15) is 23.5 Å². The van der Waals surface area contributed by atoms with E-state index in [1.54, 1.807) is 18.3 Å². The van der Waals surface area contributed by atoms with E-state index in [0.29, 0.717) is 22.2 Å². The summed E-state index contributed by atoms with van der Waals surface area (Å²) in [7, 11) is 1.90. The third-order valence-corrected chi connectivity index (χ3v) is 5.00. The van der Waals surface area contributed by atoms with Crippen molar-refractivity contribution in [3.8, 4) is 11.3 Å². The quantitative estimate of drug-likeness (QED) is 0.418. The summed E-state index contributed by atoms with van der Waals surface area (Å²) in [5, 5.41) is 14.9. The van der Waals surface area contributed by atoms with Gasteiger partial charge in [0.2, 0.25) is 0 Å². The van der Waals surface area contributed by atoms with Crippen molar-refractivity contribution < 1.29 is 9.34 Å². The summed E-state index contributed by atoms with van der Waals surface area (Å²) >= 11 is 5.41. The van der Waals surface area contributed by atoms with Crippen LogP contribution < -0.4 is 5.32 Å². The minimum atomic E-state index is -0.419. The highest BCUT2D eigenvalue weighted by atomic mass is 32.1. The van der Waals surface area contributed by atoms with Crippen molar-refractivity contribution in [2.45, 2.75) is 12.1 Å². The number of pyridine rings is 1. The Hall–Kier alpha value is -3.26. The zero-order chi connectivity index (χ0) is 19.0. The standard InChI is InChI=1S/C19H16N4O3S/c1-22-18(17(21-19(22)27)14-7-2-3-10-20-14)16-9-8-15(26-16)12-5-4-6-13(11-12)23(24)25/h2-11,17-18H,1H3,(H,21,27)/t17-,18+/m1/s1. The number of benzene rings is 1. The largest absolute Gasteiger partial charge is 0.459 e. The number of furan rings is 1. The number of nitrogens with zero attached hydrogens (tertiary/aromatic N) is 3. The molecule has 0 unspecified atom stereocenters. The average Bonchev–Trinajstić information content (AvgIpc) is 3.28. The van der Waals surface area contributed by atoms with Gasteiger partial charge in [-0.1, -0.05) is 18.2 Å². The van der Waals surface area contributed by atoms with Gasteiger partial charge in [0.15, 0.2) is 5.11 Å². The minimum Gasteiger partial charge on any atom is -0.459 e. The summed E-state index contributed by atoms with van der Waals surface area (Å²) in [5.74, 6) is 1.28. The molecule has 3 aromatic rings. The van der Waals surface area contributed by atoms with E-state index in [4.69, 9.17) is 16.6 Å². The van der Waals surface area contributed by atoms with E-state index in [2.05, 4.69) is 10.3 Å². The molecule has 136 valence electrons. The second kappa shape index (κ2) is 6.81.